The quantitative estimate of drug-likeness (QED) is 0.661. The van der Waals surface area contributed by atoms with Gasteiger partial charge in [-0.3, -0.25) is 14.0 Å². The fraction of sp³-hybridized carbons (Fsp3) is 0.524. The summed E-state index contributed by atoms with van der Waals surface area (Å²) in [6.45, 7) is 5.27. The maximum absolute atomic E-state index is 16.2. The van der Waals surface area contributed by atoms with E-state index in [1.54, 1.807) is 6.07 Å². The van der Waals surface area contributed by atoms with Crippen molar-refractivity contribution in [2.75, 3.05) is 25.1 Å². The number of aromatic amines is 1. The molecule has 1 unspecified atom stereocenters. The molecular formula is C21H25FN4O3S. The summed E-state index contributed by atoms with van der Waals surface area (Å²) < 4.78 is 26.2. The van der Waals surface area contributed by atoms with Gasteiger partial charge in [0, 0.05) is 24.7 Å². The predicted octanol–water partition coefficient (Wildman–Crippen LogP) is 2.95. The summed E-state index contributed by atoms with van der Waals surface area (Å²) in [5.74, 6) is 0.0628. The number of nitrogens with two attached hydrogens (primary N) is 1. The van der Waals surface area contributed by atoms with E-state index in [2.05, 4.69) is 4.37 Å². The SMILES string of the molecule is COc1cc2c(=O)c3c(=O)[nH]sc3n(C3CC3)c2c(F)c1N1CCC(C(C)(C)N)C1. The molecule has 0 spiro atoms. The number of fused-ring (bicyclic) bond motifs is 2. The number of halogens is 1. The number of nitrogens with zero attached hydrogens (tertiary/aromatic N) is 2. The first-order chi connectivity index (χ1) is 14.2. The molecule has 1 aliphatic carbocycles. The third kappa shape index (κ3) is 2.79. The van der Waals surface area contributed by atoms with Gasteiger partial charge in [-0.25, -0.2) is 4.39 Å². The number of ether oxygens (including phenoxy) is 1. The zero-order chi connectivity index (χ0) is 21.4. The number of hydrogen-bond acceptors (Lipinski definition) is 6. The Morgan fingerprint density at radius 1 is 1.30 bits per heavy atom. The van der Waals surface area contributed by atoms with Gasteiger partial charge in [0.2, 0.25) is 5.43 Å². The Morgan fingerprint density at radius 3 is 2.63 bits per heavy atom. The number of aromatic nitrogens is 2. The van der Waals surface area contributed by atoms with E-state index in [4.69, 9.17) is 10.5 Å². The molecule has 1 atom stereocenters. The first-order valence-corrected chi connectivity index (χ1v) is 11.0. The summed E-state index contributed by atoms with van der Waals surface area (Å²) >= 11 is 1.10. The van der Waals surface area contributed by atoms with Crippen molar-refractivity contribution in [3.8, 4) is 5.75 Å². The maximum Gasteiger partial charge on any atom is 0.271 e. The zero-order valence-corrected chi connectivity index (χ0v) is 18.1. The molecule has 1 saturated heterocycles. The van der Waals surface area contributed by atoms with Crippen LogP contribution in [-0.2, 0) is 0 Å². The highest BCUT2D eigenvalue weighted by molar-refractivity contribution is 7.12. The summed E-state index contributed by atoms with van der Waals surface area (Å²) in [4.78, 5) is 27.9. The predicted molar refractivity (Wildman–Crippen MR) is 118 cm³/mol. The molecule has 1 aromatic carbocycles. The Labute approximate surface area is 176 Å². The molecule has 3 aromatic rings. The lowest BCUT2D eigenvalue weighted by molar-refractivity contribution is 0.348. The maximum atomic E-state index is 16.2. The standard InChI is InChI=1S/C21H25FN4O3S/c1-21(2,23)10-6-7-25(9-10)17-13(29-3)8-12-16(15(17)22)26(11-4-5-11)20-14(18(12)27)19(28)24-30-20/h8,10-11H,4-7,9,23H2,1-3H3,(H,24,28). The normalized spacial score (nSPS) is 19.9. The van der Waals surface area contributed by atoms with Crippen molar-refractivity contribution in [3.05, 3.63) is 32.5 Å². The summed E-state index contributed by atoms with van der Waals surface area (Å²) in [5, 5.41) is 0.283. The van der Waals surface area contributed by atoms with Crippen LogP contribution in [0.25, 0.3) is 21.1 Å². The lowest BCUT2D eigenvalue weighted by Crippen LogP contribution is -2.42. The second-order valence-electron chi connectivity index (χ2n) is 9.03. The fourth-order valence-corrected chi connectivity index (χ4v) is 5.53. The second kappa shape index (κ2) is 6.55. The molecule has 160 valence electrons. The third-order valence-electron chi connectivity index (χ3n) is 6.48. The van der Waals surface area contributed by atoms with Gasteiger partial charge in [-0.2, -0.15) is 0 Å². The van der Waals surface area contributed by atoms with Gasteiger partial charge in [-0.05, 0) is 56.6 Å². The van der Waals surface area contributed by atoms with Crippen LogP contribution in [0.3, 0.4) is 0 Å². The molecule has 1 saturated carbocycles. The summed E-state index contributed by atoms with van der Waals surface area (Å²) in [5.41, 5.74) is 5.69. The number of benzene rings is 1. The van der Waals surface area contributed by atoms with E-state index in [1.807, 2.05) is 23.3 Å². The van der Waals surface area contributed by atoms with E-state index >= 15 is 4.39 Å². The van der Waals surface area contributed by atoms with Gasteiger partial charge >= 0.3 is 0 Å². The molecule has 2 fully saturated rings. The van der Waals surface area contributed by atoms with Crippen LogP contribution < -0.4 is 26.4 Å². The van der Waals surface area contributed by atoms with Crippen LogP contribution >= 0.6 is 11.5 Å². The molecule has 1 aliphatic heterocycles. The average molecular weight is 433 g/mol. The van der Waals surface area contributed by atoms with Gasteiger partial charge in [-0.15, -0.1) is 0 Å². The minimum Gasteiger partial charge on any atom is -0.494 e. The number of hydrogen-bond donors (Lipinski definition) is 2. The van der Waals surface area contributed by atoms with Crippen molar-refractivity contribution >= 4 is 38.3 Å². The van der Waals surface area contributed by atoms with Gasteiger partial charge in [0.1, 0.15) is 21.7 Å². The van der Waals surface area contributed by atoms with E-state index in [-0.39, 0.29) is 33.8 Å². The molecular weight excluding hydrogens is 407 g/mol. The van der Waals surface area contributed by atoms with Crippen LogP contribution in [0, 0.1) is 11.7 Å². The van der Waals surface area contributed by atoms with Gasteiger partial charge in [0.25, 0.3) is 5.56 Å². The minimum atomic E-state index is -0.466. The van der Waals surface area contributed by atoms with E-state index in [1.165, 1.54) is 7.11 Å². The minimum absolute atomic E-state index is 0.0899. The zero-order valence-electron chi connectivity index (χ0n) is 17.3. The molecule has 2 aliphatic rings. The van der Waals surface area contributed by atoms with E-state index in [9.17, 15) is 9.59 Å². The number of rotatable bonds is 4. The molecule has 9 heteroatoms. The number of nitrogens with one attached hydrogen (secondary N) is 1. The molecule has 0 bridgehead atoms. The Hall–Kier alpha value is -2.39. The molecule has 0 radical (unpaired) electrons. The monoisotopic (exact) mass is 432 g/mol. The topological polar surface area (TPSA) is 93.3 Å². The van der Waals surface area contributed by atoms with Gasteiger partial charge < -0.3 is 19.9 Å². The van der Waals surface area contributed by atoms with Gasteiger partial charge in [0.15, 0.2) is 5.82 Å². The number of anilines is 1. The van der Waals surface area contributed by atoms with Crippen molar-refractivity contribution in [3.63, 3.8) is 0 Å². The van der Waals surface area contributed by atoms with Crippen LogP contribution in [0.1, 0.15) is 39.2 Å². The summed E-state index contributed by atoms with van der Waals surface area (Å²) in [6.07, 6.45) is 2.65. The molecule has 2 aromatic heterocycles. The van der Waals surface area contributed by atoms with E-state index in [0.717, 1.165) is 30.8 Å². The lowest BCUT2D eigenvalue weighted by atomic mass is 9.88. The summed E-state index contributed by atoms with van der Waals surface area (Å²) in [6, 6.07) is 1.68. The molecule has 0 amide bonds. The lowest BCUT2D eigenvalue weighted by Gasteiger charge is -2.28. The van der Waals surface area contributed by atoms with Gasteiger partial charge in [0.05, 0.1) is 18.0 Å². The first-order valence-electron chi connectivity index (χ1n) is 10.2. The van der Waals surface area contributed by atoms with Crippen molar-refractivity contribution in [2.24, 2.45) is 11.7 Å². The van der Waals surface area contributed by atoms with Crippen molar-refractivity contribution in [1.29, 1.82) is 0 Å². The van der Waals surface area contributed by atoms with E-state index in [0.29, 0.717) is 29.4 Å². The summed E-state index contributed by atoms with van der Waals surface area (Å²) in [7, 11) is 1.47. The van der Waals surface area contributed by atoms with Crippen molar-refractivity contribution in [2.45, 2.75) is 44.7 Å². The highest BCUT2D eigenvalue weighted by Gasteiger charge is 2.37. The van der Waals surface area contributed by atoms with Crippen LogP contribution in [0.2, 0.25) is 0 Å². The molecule has 30 heavy (non-hydrogen) atoms. The average Bonchev–Trinajstić information content (AvgIpc) is 3.26. The smallest absolute Gasteiger partial charge is 0.271 e. The Bertz CT molecular complexity index is 1280. The highest BCUT2D eigenvalue weighted by Crippen LogP contribution is 2.45. The molecule has 3 heterocycles. The Kier molecular flexibility index (Phi) is 4.27. The van der Waals surface area contributed by atoms with Crippen molar-refractivity contribution < 1.29 is 9.13 Å². The Balaban J connectivity index is 1.81. The number of H-pyrrole nitrogens is 1. The van der Waals surface area contributed by atoms with E-state index < -0.39 is 16.8 Å². The third-order valence-corrected chi connectivity index (χ3v) is 7.36. The van der Waals surface area contributed by atoms with Crippen LogP contribution in [0.15, 0.2) is 15.7 Å². The molecule has 7 nitrogen and oxygen atoms in total. The van der Waals surface area contributed by atoms with Gasteiger partial charge in [-0.1, -0.05) is 0 Å². The Morgan fingerprint density at radius 2 is 2.03 bits per heavy atom. The van der Waals surface area contributed by atoms with Crippen LogP contribution in [-0.4, -0.2) is 34.7 Å². The first kappa shape index (κ1) is 19.6. The number of pyridine rings is 1. The largest absolute Gasteiger partial charge is 0.494 e. The fourth-order valence-electron chi connectivity index (χ4n) is 4.62. The van der Waals surface area contributed by atoms with Crippen molar-refractivity contribution in [1.82, 2.24) is 8.94 Å². The molecule has 5 rings (SSSR count). The van der Waals surface area contributed by atoms with Crippen LogP contribution in [0.5, 0.6) is 5.75 Å². The second-order valence-corrected chi connectivity index (χ2v) is 9.83. The van der Waals surface area contributed by atoms with Crippen LogP contribution in [0.4, 0.5) is 10.1 Å². The molecule has 3 N–H and O–H groups in total. The highest BCUT2D eigenvalue weighted by atomic mass is 32.1. The number of methoxy groups -OCH3 is 1.